The van der Waals surface area contributed by atoms with Crippen molar-refractivity contribution in [2.45, 2.75) is 45.8 Å². The fourth-order valence-corrected chi connectivity index (χ4v) is 3.91. The molecule has 3 heterocycles. The van der Waals surface area contributed by atoms with Crippen LogP contribution in [0.1, 0.15) is 37.0 Å². The van der Waals surface area contributed by atoms with Crippen molar-refractivity contribution in [2.75, 3.05) is 19.6 Å². The van der Waals surface area contributed by atoms with Crippen molar-refractivity contribution < 1.29 is 0 Å². The molecule has 0 spiro atoms. The molecule has 1 aliphatic heterocycles. The van der Waals surface area contributed by atoms with Crippen LogP contribution in [0, 0.1) is 6.92 Å². The second kappa shape index (κ2) is 9.14. The van der Waals surface area contributed by atoms with Crippen LogP contribution < -0.4 is 10.6 Å². The Morgan fingerprint density at radius 1 is 1.38 bits per heavy atom. The highest BCUT2D eigenvalue weighted by Crippen LogP contribution is 2.15. The van der Waals surface area contributed by atoms with Gasteiger partial charge in [-0.15, -0.1) is 10.2 Å². The summed E-state index contributed by atoms with van der Waals surface area (Å²) < 4.78 is 2.00. The summed E-state index contributed by atoms with van der Waals surface area (Å²) >= 11 is 1.70. The summed E-state index contributed by atoms with van der Waals surface area (Å²) in [5.41, 5.74) is 1.24. The van der Waals surface area contributed by atoms with Gasteiger partial charge in [-0.3, -0.25) is 4.90 Å². The molecular formula is C18H29N7S. The van der Waals surface area contributed by atoms with Crippen LogP contribution in [0.2, 0.25) is 0 Å². The Bertz CT molecular complexity index is 707. The number of aliphatic imine (C=N–C) groups is 1. The van der Waals surface area contributed by atoms with Crippen LogP contribution in [0.25, 0.3) is 0 Å². The predicted molar refractivity (Wildman–Crippen MR) is 106 cm³/mol. The molecule has 3 rings (SSSR count). The molecule has 1 saturated heterocycles. The monoisotopic (exact) mass is 375 g/mol. The summed E-state index contributed by atoms with van der Waals surface area (Å²) in [6.45, 7) is 8.71. The molecule has 0 aliphatic carbocycles. The summed E-state index contributed by atoms with van der Waals surface area (Å²) in [4.78, 5) is 7.29. The molecule has 1 aliphatic rings. The van der Waals surface area contributed by atoms with Crippen molar-refractivity contribution in [3.8, 4) is 0 Å². The van der Waals surface area contributed by atoms with Gasteiger partial charge in [0.15, 0.2) is 11.8 Å². The number of guanidine groups is 1. The first-order chi connectivity index (χ1) is 12.7. The summed E-state index contributed by atoms with van der Waals surface area (Å²) in [6, 6.07) is 2.71. The molecule has 1 atom stereocenters. The Kier molecular flexibility index (Phi) is 6.62. The molecule has 2 N–H and O–H groups in total. The molecule has 1 fully saturated rings. The predicted octanol–water partition coefficient (Wildman–Crippen LogP) is 1.90. The van der Waals surface area contributed by atoms with Crippen molar-refractivity contribution in [3.63, 3.8) is 0 Å². The van der Waals surface area contributed by atoms with E-state index in [0.717, 1.165) is 30.7 Å². The van der Waals surface area contributed by atoms with Gasteiger partial charge < -0.3 is 15.2 Å². The lowest BCUT2D eigenvalue weighted by Crippen LogP contribution is -2.44. The van der Waals surface area contributed by atoms with E-state index >= 15 is 0 Å². The summed E-state index contributed by atoms with van der Waals surface area (Å²) in [5, 5.41) is 19.5. The number of aromatic nitrogens is 3. The van der Waals surface area contributed by atoms with E-state index in [1.165, 1.54) is 24.9 Å². The first kappa shape index (κ1) is 18.8. The minimum absolute atomic E-state index is 0.588. The summed E-state index contributed by atoms with van der Waals surface area (Å²) in [7, 11) is 1.99. The normalized spacial score (nSPS) is 18.4. The first-order valence-electron chi connectivity index (χ1n) is 9.29. The number of aryl methyl sites for hydroxylation is 1. The second-order valence-corrected chi connectivity index (χ2v) is 7.46. The molecular weight excluding hydrogens is 346 g/mol. The highest BCUT2D eigenvalue weighted by molar-refractivity contribution is 7.07. The highest BCUT2D eigenvalue weighted by Gasteiger charge is 2.22. The fraction of sp³-hybridized carbons (Fsp3) is 0.611. The Balaban J connectivity index is 1.61. The summed E-state index contributed by atoms with van der Waals surface area (Å²) in [5.74, 6) is 2.65. The highest BCUT2D eigenvalue weighted by atomic mass is 32.1. The number of nitrogens with zero attached hydrogens (tertiary/aromatic N) is 5. The Labute approximate surface area is 159 Å². The average molecular weight is 376 g/mol. The van der Waals surface area contributed by atoms with Gasteiger partial charge in [0.05, 0.1) is 13.1 Å². The van der Waals surface area contributed by atoms with Crippen LogP contribution in [0.4, 0.5) is 0 Å². The van der Waals surface area contributed by atoms with Crippen molar-refractivity contribution in [2.24, 2.45) is 12.0 Å². The third kappa shape index (κ3) is 4.82. The molecule has 0 amide bonds. The van der Waals surface area contributed by atoms with Crippen LogP contribution in [0.5, 0.6) is 0 Å². The molecule has 0 saturated carbocycles. The fourth-order valence-electron chi connectivity index (χ4n) is 3.25. The SMILES string of the molecule is CCN1CCCC1CNC(=NCc1ccsc1)NCc1nnc(C)n1C. The Morgan fingerprint density at radius 2 is 2.27 bits per heavy atom. The number of hydrogen-bond donors (Lipinski definition) is 2. The summed E-state index contributed by atoms with van der Waals surface area (Å²) in [6.07, 6.45) is 2.54. The van der Waals surface area contributed by atoms with Gasteiger partial charge in [0.25, 0.3) is 0 Å². The van der Waals surface area contributed by atoms with Gasteiger partial charge in [0.1, 0.15) is 5.82 Å². The van der Waals surface area contributed by atoms with Crippen molar-refractivity contribution in [1.29, 1.82) is 0 Å². The molecule has 142 valence electrons. The minimum Gasteiger partial charge on any atom is -0.355 e. The maximum Gasteiger partial charge on any atom is 0.192 e. The van der Waals surface area contributed by atoms with E-state index in [1.807, 2.05) is 18.5 Å². The molecule has 1 unspecified atom stereocenters. The van der Waals surface area contributed by atoms with Crippen LogP contribution in [-0.2, 0) is 20.1 Å². The smallest absolute Gasteiger partial charge is 0.192 e. The number of likely N-dealkylation sites (N-methyl/N-ethyl adjacent to an activating group) is 1. The third-order valence-electron chi connectivity index (χ3n) is 5.01. The van der Waals surface area contributed by atoms with Crippen molar-refractivity contribution >= 4 is 17.3 Å². The number of likely N-dealkylation sites (tertiary alicyclic amines) is 1. The zero-order valence-electron chi connectivity index (χ0n) is 15.9. The van der Waals surface area contributed by atoms with Crippen LogP contribution in [0.3, 0.4) is 0 Å². The minimum atomic E-state index is 0.588. The van der Waals surface area contributed by atoms with Gasteiger partial charge in [0.2, 0.25) is 0 Å². The molecule has 8 heteroatoms. The van der Waals surface area contributed by atoms with Gasteiger partial charge in [-0.2, -0.15) is 11.3 Å². The third-order valence-corrected chi connectivity index (χ3v) is 5.74. The molecule has 0 aromatic carbocycles. The zero-order valence-corrected chi connectivity index (χ0v) is 16.7. The van der Waals surface area contributed by atoms with E-state index in [-0.39, 0.29) is 0 Å². The van der Waals surface area contributed by atoms with Gasteiger partial charge in [0, 0.05) is 19.6 Å². The standard InChI is InChI=1S/C18H29N7S/c1-4-25-8-5-6-16(25)11-20-18(19-10-15-7-9-26-13-15)21-12-17-23-22-14(2)24(17)3/h7,9,13,16H,4-6,8,10-12H2,1-3H3,(H2,19,20,21). The van der Waals surface area contributed by atoms with Gasteiger partial charge in [-0.1, -0.05) is 6.92 Å². The van der Waals surface area contributed by atoms with Gasteiger partial charge in [-0.05, 0) is 55.2 Å². The Hall–Kier alpha value is -1.93. The van der Waals surface area contributed by atoms with Gasteiger partial charge >= 0.3 is 0 Å². The van der Waals surface area contributed by atoms with E-state index in [9.17, 15) is 0 Å². The molecule has 2 aromatic rings. The second-order valence-electron chi connectivity index (χ2n) is 6.68. The van der Waals surface area contributed by atoms with E-state index in [4.69, 9.17) is 4.99 Å². The molecule has 0 bridgehead atoms. The largest absolute Gasteiger partial charge is 0.355 e. The van der Waals surface area contributed by atoms with Crippen LogP contribution >= 0.6 is 11.3 Å². The van der Waals surface area contributed by atoms with E-state index in [1.54, 1.807) is 11.3 Å². The van der Waals surface area contributed by atoms with Crippen LogP contribution in [0.15, 0.2) is 21.8 Å². The van der Waals surface area contributed by atoms with Crippen molar-refractivity contribution in [3.05, 3.63) is 34.0 Å². The number of thiophene rings is 1. The molecule has 7 nitrogen and oxygen atoms in total. The lowest BCUT2D eigenvalue weighted by Gasteiger charge is -2.24. The number of hydrogen-bond acceptors (Lipinski definition) is 5. The van der Waals surface area contributed by atoms with Gasteiger partial charge in [-0.25, -0.2) is 4.99 Å². The first-order valence-corrected chi connectivity index (χ1v) is 10.2. The lowest BCUT2D eigenvalue weighted by molar-refractivity contribution is 0.267. The molecule has 0 radical (unpaired) electrons. The zero-order chi connectivity index (χ0) is 18.4. The maximum atomic E-state index is 4.75. The number of nitrogens with one attached hydrogen (secondary N) is 2. The average Bonchev–Trinajstić information content (AvgIpc) is 3.38. The van der Waals surface area contributed by atoms with E-state index in [0.29, 0.717) is 19.1 Å². The maximum absolute atomic E-state index is 4.75. The number of rotatable bonds is 7. The van der Waals surface area contributed by atoms with E-state index in [2.05, 4.69) is 49.5 Å². The van der Waals surface area contributed by atoms with E-state index < -0.39 is 0 Å². The Morgan fingerprint density at radius 3 is 2.96 bits per heavy atom. The molecule has 26 heavy (non-hydrogen) atoms. The quantitative estimate of drug-likeness (QED) is 0.571. The molecule has 2 aromatic heterocycles. The lowest BCUT2D eigenvalue weighted by atomic mass is 10.2. The van der Waals surface area contributed by atoms with Crippen molar-refractivity contribution in [1.82, 2.24) is 30.3 Å². The van der Waals surface area contributed by atoms with Crippen LogP contribution in [-0.4, -0.2) is 51.3 Å². The topological polar surface area (TPSA) is 70.4 Å².